The third-order valence-electron chi connectivity index (χ3n) is 6.68. The van der Waals surface area contributed by atoms with Crippen LogP contribution in [0.1, 0.15) is 54.0 Å². The van der Waals surface area contributed by atoms with Crippen LogP contribution in [0.2, 0.25) is 18.1 Å². The molecule has 8 heteroatoms. The highest BCUT2D eigenvalue weighted by Gasteiger charge is 2.51. The molecule has 0 amide bonds. The second kappa shape index (κ2) is 7.79. The van der Waals surface area contributed by atoms with Crippen LogP contribution in [0, 0.1) is 6.92 Å². The second-order valence-electron chi connectivity index (χ2n) is 10.5. The fraction of sp³-hybridized carbons (Fsp3) is 0.714. The van der Waals surface area contributed by atoms with Gasteiger partial charge in [-0.05, 0) is 69.8 Å². The summed E-state index contributed by atoms with van der Waals surface area (Å²) in [5.41, 5.74) is 0.664. The predicted octanol–water partition coefficient (Wildman–Crippen LogP) is 4.09. The van der Waals surface area contributed by atoms with Gasteiger partial charge in [0.2, 0.25) is 0 Å². The molecule has 0 N–H and O–H groups in total. The summed E-state index contributed by atoms with van der Waals surface area (Å²) in [6, 6.07) is 5.30. The van der Waals surface area contributed by atoms with Gasteiger partial charge in [-0.2, -0.15) is 0 Å². The average Bonchev–Trinajstić information content (AvgIpc) is 2.73. The Balaban J connectivity index is 2.14. The molecule has 1 fully saturated rings. The van der Waals surface area contributed by atoms with Gasteiger partial charge in [-0.25, -0.2) is 8.42 Å². The van der Waals surface area contributed by atoms with Gasteiger partial charge in [0, 0.05) is 6.61 Å². The molecule has 5 nitrogen and oxygen atoms in total. The predicted molar refractivity (Wildman–Crippen MR) is 122 cm³/mol. The van der Waals surface area contributed by atoms with Crippen molar-refractivity contribution in [1.82, 2.24) is 0 Å². The second-order valence-corrected chi connectivity index (χ2v) is 17.4. The number of sulfone groups is 1. The Morgan fingerprint density at radius 2 is 1.59 bits per heavy atom. The molecule has 1 aromatic rings. The lowest BCUT2D eigenvalue weighted by molar-refractivity contribution is 0.00578. The van der Waals surface area contributed by atoms with Crippen molar-refractivity contribution in [3.05, 3.63) is 23.8 Å². The zero-order valence-corrected chi connectivity index (χ0v) is 21.5. The van der Waals surface area contributed by atoms with Crippen LogP contribution in [-0.2, 0) is 23.6 Å². The number of hydrogen-bond acceptors (Lipinski definition) is 5. The van der Waals surface area contributed by atoms with Gasteiger partial charge in [-0.15, -0.1) is 0 Å². The Kier molecular flexibility index (Phi) is 6.61. The lowest BCUT2D eigenvalue weighted by Gasteiger charge is -2.36. The van der Waals surface area contributed by atoms with E-state index in [0.717, 1.165) is 5.46 Å². The molecular formula is C21H37BO5SSi. The maximum absolute atomic E-state index is 12.9. The first-order valence-corrected chi connectivity index (χ1v) is 14.8. The summed E-state index contributed by atoms with van der Waals surface area (Å²) >= 11 is 0. The minimum absolute atomic E-state index is 0.0177. The van der Waals surface area contributed by atoms with E-state index in [0.29, 0.717) is 10.5 Å². The largest absolute Gasteiger partial charge is 0.494 e. The summed E-state index contributed by atoms with van der Waals surface area (Å²) in [5.74, 6) is -0.0177. The van der Waals surface area contributed by atoms with E-state index in [2.05, 4.69) is 33.9 Å². The SMILES string of the molecule is Cc1cc(B2OC(C)(C)C(C)(C)O2)ccc1S(=O)(=O)CCO[Si](C)(C)C(C)(C)C. The molecule has 0 unspecified atom stereocenters. The van der Waals surface area contributed by atoms with E-state index >= 15 is 0 Å². The van der Waals surface area contributed by atoms with Crippen LogP contribution in [0.5, 0.6) is 0 Å². The van der Waals surface area contributed by atoms with Crippen molar-refractivity contribution in [2.24, 2.45) is 0 Å². The highest BCUT2D eigenvalue weighted by atomic mass is 32.2. The van der Waals surface area contributed by atoms with E-state index in [1.807, 2.05) is 40.7 Å². The van der Waals surface area contributed by atoms with Crippen molar-refractivity contribution in [3.8, 4) is 0 Å². The highest BCUT2D eigenvalue weighted by Crippen LogP contribution is 2.37. The Labute approximate surface area is 178 Å². The Morgan fingerprint density at radius 3 is 2.03 bits per heavy atom. The van der Waals surface area contributed by atoms with Gasteiger partial charge in [0.1, 0.15) is 0 Å². The Hall–Kier alpha value is -0.668. The van der Waals surface area contributed by atoms with Gasteiger partial charge in [0.25, 0.3) is 0 Å². The van der Waals surface area contributed by atoms with Crippen molar-refractivity contribution < 1.29 is 22.2 Å². The van der Waals surface area contributed by atoms with Gasteiger partial charge in [0.15, 0.2) is 18.2 Å². The van der Waals surface area contributed by atoms with Gasteiger partial charge in [-0.1, -0.05) is 32.9 Å². The van der Waals surface area contributed by atoms with Crippen LogP contribution in [0.4, 0.5) is 0 Å². The summed E-state index contributed by atoms with van der Waals surface area (Å²) in [6.07, 6.45) is 0. The molecule has 2 rings (SSSR count). The number of rotatable bonds is 6. The molecule has 1 aliphatic rings. The number of hydrogen-bond donors (Lipinski definition) is 0. The molecule has 1 heterocycles. The highest BCUT2D eigenvalue weighted by molar-refractivity contribution is 7.91. The van der Waals surface area contributed by atoms with Crippen LogP contribution in [0.15, 0.2) is 23.1 Å². The fourth-order valence-electron chi connectivity index (χ4n) is 2.88. The molecule has 0 bridgehead atoms. The molecule has 0 atom stereocenters. The summed E-state index contributed by atoms with van der Waals surface area (Å²) in [5, 5.41) is 0.0527. The molecule has 0 spiro atoms. The molecule has 164 valence electrons. The minimum Gasteiger partial charge on any atom is -0.416 e. The molecule has 1 saturated heterocycles. The van der Waals surface area contributed by atoms with Crippen molar-refractivity contribution in [2.45, 2.75) is 89.6 Å². The van der Waals surface area contributed by atoms with E-state index in [1.54, 1.807) is 12.1 Å². The van der Waals surface area contributed by atoms with Crippen LogP contribution in [-0.4, -0.2) is 47.4 Å². The lowest BCUT2D eigenvalue weighted by Crippen LogP contribution is -2.41. The monoisotopic (exact) mass is 440 g/mol. The van der Waals surface area contributed by atoms with E-state index in [-0.39, 0.29) is 17.4 Å². The summed E-state index contributed by atoms with van der Waals surface area (Å²) in [4.78, 5) is 0.344. The quantitative estimate of drug-likeness (QED) is 0.624. The third kappa shape index (κ3) is 5.15. The van der Waals surface area contributed by atoms with Crippen molar-refractivity contribution in [1.29, 1.82) is 0 Å². The lowest BCUT2D eigenvalue weighted by atomic mass is 9.78. The van der Waals surface area contributed by atoms with Gasteiger partial charge < -0.3 is 13.7 Å². The average molecular weight is 440 g/mol. The summed E-state index contributed by atoms with van der Waals surface area (Å²) < 4.78 is 44.0. The molecule has 1 aliphatic heterocycles. The first kappa shape index (κ1) is 24.6. The maximum atomic E-state index is 12.9. The van der Waals surface area contributed by atoms with Crippen molar-refractivity contribution in [3.63, 3.8) is 0 Å². The van der Waals surface area contributed by atoms with Crippen LogP contribution in [0.25, 0.3) is 0 Å². The normalized spacial score (nSPS) is 19.6. The zero-order valence-electron chi connectivity index (χ0n) is 19.7. The topological polar surface area (TPSA) is 61.8 Å². The van der Waals surface area contributed by atoms with E-state index in [1.165, 1.54) is 0 Å². The first-order chi connectivity index (χ1) is 12.9. The molecule has 1 aromatic carbocycles. The smallest absolute Gasteiger partial charge is 0.416 e. The minimum atomic E-state index is -3.43. The van der Waals surface area contributed by atoms with Crippen molar-refractivity contribution in [2.75, 3.05) is 12.4 Å². The number of aryl methyl sites for hydroxylation is 1. The zero-order chi connectivity index (χ0) is 22.5. The van der Waals surface area contributed by atoms with Gasteiger partial charge in [0.05, 0.1) is 21.9 Å². The first-order valence-electron chi connectivity index (χ1n) is 10.2. The molecule has 0 aliphatic carbocycles. The van der Waals surface area contributed by atoms with E-state index in [9.17, 15) is 8.42 Å². The van der Waals surface area contributed by atoms with Crippen LogP contribution < -0.4 is 5.46 Å². The molecule has 29 heavy (non-hydrogen) atoms. The molecular weight excluding hydrogens is 403 g/mol. The molecule has 0 saturated carbocycles. The van der Waals surface area contributed by atoms with Gasteiger partial charge >= 0.3 is 7.12 Å². The summed E-state index contributed by atoms with van der Waals surface area (Å²) in [6.45, 7) is 20.7. The Morgan fingerprint density at radius 1 is 1.07 bits per heavy atom. The third-order valence-corrected chi connectivity index (χ3v) is 13.1. The summed E-state index contributed by atoms with van der Waals surface area (Å²) in [7, 11) is -5.90. The van der Waals surface area contributed by atoms with E-state index in [4.69, 9.17) is 13.7 Å². The van der Waals surface area contributed by atoms with Crippen LogP contribution in [0.3, 0.4) is 0 Å². The maximum Gasteiger partial charge on any atom is 0.494 e. The van der Waals surface area contributed by atoms with Gasteiger partial charge in [-0.3, -0.25) is 0 Å². The molecule has 0 radical (unpaired) electrons. The number of benzene rings is 1. The standard InChI is InChI=1S/C21H37BO5SSi/c1-16-15-17(22-26-20(5,6)21(7,8)27-22)11-12-18(16)28(23,24)14-13-25-29(9,10)19(2,3)4/h11-12,15H,13-14H2,1-10H3. The molecule has 0 aromatic heterocycles. The van der Waals surface area contributed by atoms with Crippen molar-refractivity contribution >= 4 is 30.7 Å². The van der Waals surface area contributed by atoms with E-state index < -0.39 is 36.5 Å². The Bertz CT molecular complexity index is 840. The van der Waals surface area contributed by atoms with Crippen LogP contribution >= 0.6 is 0 Å². The fourth-order valence-corrected chi connectivity index (χ4v) is 5.42.